The Morgan fingerprint density at radius 3 is 2.55 bits per heavy atom. The third-order valence-electron chi connectivity index (χ3n) is 3.08. The maximum atomic E-state index is 12.2. The third-order valence-corrected chi connectivity index (χ3v) is 4.12. The van der Waals surface area contributed by atoms with Crippen LogP contribution in [-0.4, -0.2) is 28.6 Å². The van der Waals surface area contributed by atoms with Gasteiger partial charge in [0.15, 0.2) is 0 Å². The van der Waals surface area contributed by atoms with Gasteiger partial charge in [-0.2, -0.15) is 0 Å². The van der Waals surface area contributed by atoms with Gasteiger partial charge in [-0.05, 0) is 18.8 Å². The maximum absolute atomic E-state index is 12.2. The Morgan fingerprint density at radius 1 is 1.55 bits per heavy atom. The lowest BCUT2D eigenvalue weighted by molar-refractivity contribution is -0.385. The third kappa shape index (κ3) is 4.01. The van der Waals surface area contributed by atoms with Crippen molar-refractivity contribution in [1.29, 1.82) is 0 Å². The summed E-state index contributed by atoms with van der Waals surface area (Å²) in [6.07, 6.45) is 0.446. The lowest BCUT2D eigenvalue weighted by atomic mass is 9.85. The molecule has 0 aliphatic carbocycles. The molecule has 112 valence electrons. The van der Waals surface area contributed by atoms with E-state index >= 15 is 0 Å². The van der Waals surface area contributed by atoms with E-state index in [9.17, 15) is 14.9 Å². The van der Waals surface area contributed by atoms with Crippen LogP contribution in [0.3, 0.4) is 0 Å². The van der Waals surface area contributed by atoms with Crippen molar-refractivity contribution in [3.63, 3.8) is 0 Å². The standard InChI is InChI=1S/C13H20N2O4S/c1-8-9(15(18)19)7-10(20-8)12(17)14-11(5-6-16)13(2,3)4/h7,11,16H,5-6H2,1-4H3,(H,14,17). The normalized spacial score (nSPS) is 13.1. The molecule has 20 heavy (non-hydrogen) atoms. The first kappa shape index (κ1) is 16.6. The van der Waals surface area contributed by atoms with E-state index in [4.69, 9.17) is 5.11 Å². The summed E-state index contributed by atoms with van der Waals surface area (Å²) in [7, 11) is 0. The number of aliphatic hydroxyl groups excluding tert-OH is 1. The summed E-state index contributed by atoms with van der Waals surface area (Å²) in [5.41, 5.74) is -0.231. The van der Waals surface area contributed by atoms with Crippen LogP contribution in [0, 0.1) is 22.5 Å². The highest BCUT2D eigenvalue weighted by Crippen LogP contribution is 2.29. The topological polar surface area (TPSA) is 92.5 Å². The summed E-state index contributed by atoms with van der Waals surface area (Å²) in [4.78, 5) is 23.3. The fourth-order valence-electron chi connectivity index (χ4n) is 1.85. The predicted octanol–water partition coefficient (Wildman–Crippen LogP) is 2.49. The van der Waals surface area contributed by atoms with Crippen molar-refractivity contribution < 1.29 is 14.8 Å². The Morgan fingerprint density at radius 2 is 2.15 bits per heavy atom. The SMILES string of the molecule is Cc1sc(C(=O)NC(CCO)C(C)(C)C)cc1[N+](=O)[O-]. The number of carbonyl (C=O) groups is 1. The lowest BCUT2D eigenvalue weighted by Crippen LogP contribution is -2.44. The zero-order valence-electron chi connectivity index (χ0n) is 12.1. The molecule has 6 nitrogen and oxygen atoms in total. The van der Waals surface area contributed by atoms with E-state index in [1.165, 1.54) is 6.07 Å². The molecule has 2 N–H and O–H groups in total. The van der Waals surface area contributed by atoms with E-state index in [2.05, 4.69) is 5.32 Å². The van der Waals surface area contributed by atoms with Gasteiger partial charge >= 0.3 is 0 Å². The molecule has 0 aromatic carbocycles. The number of hydrogen-bond donors (Lipinski definition) is 2. The fraction of sp³-hybridized carbons (Fsp3) is 0.615. The number of amides is 1. The quantitative estimate of drug-likeness (QED) is 0.645. The highest BCUT2D eigenvalue weighted by atomic mass is 32.1. The van der Waals surface area contributed by atoms with Gasteiger partial charge in [-0.1, -0.05) is 20.8 Å². The van der Waals surface area contributed by atoms with Gasteiger partial charge in [-0.3, -0.25) is 14.9 Å². The fourth-order valence-corrected chi connectivity index (χ4v) is 2.74. The van der Waals surface area contributed by atoms with Gasteiger partial charge in [0.2, 0.25) is 0 Å². The molecule has 1 unspecified atom stereocenters. The molecule has 7 heteroatoms. The summed E-state index contributed by atoms with van der Waals surface area (Å²) < 4.78 is 0. The summed E-state index contributed by atoms with van der Waals surface area (Å²) in [6, 6.07) is 1.11. The van der Waals surface area contributed by atoms with Crippen LogP contribution in [0.4, 0.5) is 5.69 Å². The highest BCUT2D eigenvalue weighted by molar-refractivity contribution is 7.14. The first-order valence-corrected chi connectivity index (χ1v) is 7.15. The number of aliphatic hydroxyl groups is 1. The second-order valence-corrected chi connectivity index (χ2v) is 6.97. The highest BCUT2D eigenvalue weighted by Gasteiger charge is 2.27. The van der Waals surface area contributed by atoms with Crippen molar-refractivity contribution in [2.45, 2.75) is 40.2 Å². The van der Waals surface area contributed by atoms with E-state index in [1.807, 2.05) is 20.8 Å². The zero-order valence-corrected chi connectivity index (χ0v) is 12.9. The molecular weight excluding hydrogens is 280 g/mol. The van der Waals surface area contributed by atoms with Crippen molar-refractivity contribution in [2.24, 2.45) is 5.41 Å². The van der Waals surface area contributed by atoms with Gasteiger partial charge in [-0.15, -0.1) is 11.3 Å². The molecule has 1 atom stereocenters. The second-order valence-electron chi connectivity index (χ2n) is 5.71. The van der Waals surface area contributed by atoms with Crippen LogP contribution in [0.25, 0.3) is 0 Å². The maximum Gasteiger partial charge on any atom is 0.283 e. The molecule has 0 aliphatic rings. The van der Waals surface area contributed by atoms with Crippen molar-refractivity contribution in [1.82, 2.24) is 5.32 Å². The van der Waals surface area contributed by atoms with Gasteiger partial charge in [0.1, 0.15) is 0 Å². The molecule has 1 amide bonds. The average molecular weight is 300 g/mol. The number of nitro groups is 1. The number of rotatable bonds is 5. The summed E-state index contributed by atoms with van der Waals surface area (Å²) in [6.45, 7) is 7.50. The van der Waals surface area contributed by atoms with E-state index < -0.39 is 4.92 Å². The molecule has 0 saturated carbocycles. The minimum Gasteiger partial charge on any atom is -0.396 e. The zero-order chi connectivity index (χ0) is 15.5. The molecule has 1 aromatic heterocycles. The van der Waals surface area contributed by atoms with E-state index in [0.717, 1.165) is 11.3 Å². The van der Waals surface area contributed by atoms with Gasteiger partial charge < -0.3 is 10.4 Å². The minimum atomic E-state index is -0.489. The van der Waals surface area contributed by atoms with Gasteiger partial charge in [0.25, 0.3) is 11.6 Å². The lowest BCUT2D eigenvalue weighted by Gasteiger charge is -2.30. The molecule has 0 spiro atoms. The smallest absolute Gasteiger partial charge is 0.283 e. The number of hydrogen-bond acceptors (Lipinski definition) is 5. The predicted molar refractivity (Wildman–Crippen MR) is 78.1 cm³/mol. The number of nitrogens with one attached hydrogen (secondary N) is 1. The summed E-state index contributed by atoms with van der Waals surface area (Å²) in [5.74, 6) is -0.334. The Kier molecular flexibility index (Phi) is 5.24. The van der Waals surface area contributed by atoms with Crippen LogP contribution in [-0.2, 0) is 0 Å². The van der Waals surface area contributed by atoms with Crippen LogP contribution in [0.2, 0.25) is 0 Å². The number of aryl methyl sites for hydroxylation is 1. The first-order valence-electron chi connectivity index (χ1n) is 6.33. The van der Waals surface area contributed by atoms with Crippen LogP contribution >= 0.6 is 11.3 Å². The molecule has 1 rings (SSSR count). The Bertz CT molecular complexity index is 505. The second kappa shape index (κ2) is 6.32. The van der Waals surface area contributed by atoms with Crippen LogP contribution in [0.1, 0.15) is 41.7 Å². The molecule has 1 heterocycles. The summed E-state index contributed by atoms with van der Waals surface area (Å²) in [5, 5.41) is 22.7. The minimum absolute atomic E-state index is 0.0220. The molecule has 0 bridgehead atoms. The molecule has 0 saturated heterocycles. The Labute approximate surface area is 122 Å². The average Bonchev–Trinajstić information content (AvgIpc) is 2.69. The van der Waals surface area contributed by atoms with Crippen molar-refractivity contribution in [3.05, 3.63) is 25.9 Å². The van der Waals surface area contributed by atoms with Crippen molar-refractivity contribution in [2.75, 3.05) is 6.61 Å². The molecular formula is C13H20N2O4S. The Balaban J connectivity index is 2.89. The van der Waals surface area contributed by atoms with E-state index in [-0.39, 0.29) is 29.7 Å². The van der Waals surface area contributed by atoms with E-state index in [0.29, 0.717) is 16.2 Å². The summed E-state index contributed by atoms with van der Waals surface area (Å²) >= 11 is 1.11. The van der Waals surface area contributed by atoms with Crippen LogP contribution in [0.5, 0.6) is 0 Å². The molecule has 0 radical (unpaired) electrons. The monoisotopic (exact) mass is 300 g/mol. The van der Waals surface area contributed by atoms with Gasteiger partial charge in [0.05, 0.1) is 14.7 Å². The van der Waals surface area contributed by atoms with E-state index in [1.54, 1.807) is 6.92 Å². The van der Waals surface area contributed by atoms with Crippen LogP contribution < -0.4 is 5.32 Å². The largest absolute Gasteiger partial charge is 0.396 e. The van der Waals surface area contributed by atoms with Crippen molar-refractivity contribution >= 4 is 22.9 Å². The number of nitrogens with zero attached hydrogens (tertiary/aromatic N) is 1. The van der Waals surface area contributed by atoms with Crippen molar-refractivity contribution in [3.8, 4) is 0 Å². The number of thiophene rings is 1. The van der Waals surface area contributed by atoms with Crippen LogP contribution in [0.15, 0.2) is 6.07 Å². The Hall–Kier alpha value is -1.47. The first-order chi connectivity index (χ1) is 9.16. The number of carbonyl (C=O) groups excluding carboxylic acids is 1. The molecule has 0 aliphatic heterocycles. The van der Waals surface area contributed by atoms with Gasteiger partial charge in [-0.25, -0.2) is 0 Å². The molecule has 1 aromatic rings. The van der Waals surface area contributed by atoms with Gasteiger partial charge in [0, 0.05) is 18.7 Å². The molecule has 0 fully saturated rings.